The molecule has 20 heavy (non-hydrogen) atoms. The van der Waals surface area contributed by atoms with E-state index in [0.717, 1.165) is 4.90 Å². The minimum Gasteiger partial charge on any atom is -0.478 e. The molecule has 0 saturated heterocycles. The number of hydrogen-bond donors (Lipinski definition) is 1. The number of carbonyl (C=O) groups is 1. The van der Waals surface area contributed by atoms with Gasteiger partial charge in [0.1, 0.15) is 5.03 Å². The topological polar surface area (TPSA) is 50.2 Å². The molecule has 1 aromatic carbocycles. The van der Waals surface area contributed by atoms with E-state index >= 15 is 0 Å². The SMILES string of the molecule is Cc1cc(C(=O)O)cc(Sc2ccc(C(C)C)cc2)n1. The van der Waals surface area contributed by atoms with Gasteiger partial charge in [-0.1, -0.05) is 37.7 Å². The molecule has 0 aliphatic heterocycles. The first kappa shape index (κ1) is 14.6. The van der Waals surface area contributed by atoms with E-state index in [1.807, 2.05) is 12.1 Å². The monoisotopic (exact) mass is 287 g/mol. The van der Waals surface area contributed by atoms with Gasteiger partial charge in [0.2, 0.25) is 0 Å². The smallest absolute Gasteiger partial charge is 0.335 e. The van der Waals surface area contributed by atoms with Gasteiger partial charge in [0, 0.05) is 10.6 Å². The summed E-state index contributed by atoms with van der Waals surface area (Å²) in [5.74, 6) is -0.419. The van der Waals surface area contributed by atoms with Gasteiger partial charge >= 0.3 is 5.97 Å². The Bertz CT molecular complexity index is 621. The molecule has 0 atom stereocenters. The normalized spacial score (nSPS) is 10.8. The molecule has 0 aliphatic rings. The van der Waals surface area contributed by atoms with Gasteiger partial charge in [-0.25, -0.2) is 9.78 Å². The minimum absolute atomic E-state index is 0.277. The molecule has 104 valence electrons. The lowest BCUT2D eigenvalue weighted by molar-refractivity contribution is 0.0696. The van der Waals surface area contributed by atoms with Crippen LogP contribution in [-0.2, 0) is 0 Å². The van der Waals surface area contributed by atoms with Crippen LogP contribution in [0.25, 0.3) is 0 Å². The van der Waals surface area contributed by atoms with Crippen molar-refractivity contribution in [3.8, 4) is 0 Å². The molecular weight excluding hydrogens is 270 g/mol. The predicted molar refractivity (Wildman–Crippen MR) is 80.6 cm³/mol. The summed E-state index contributed by atoms with van der Waals surface area (Å²) in [4.78, 5) is 16.5. The highest BCUT2D eigenvalue weighted by molar-refractivity contribution is 7.99. The van der Waals surface area contributed by atoms with Crippen molar-refractivity contribution >= 4 is 17.7 Å². The van der Waals surface area contributed by atoms with Crippen molar-refractivity contribution in [3.63, 3.8) is 0 Å². The van der Waals surface area contributed by atoms with Crippen LogP contribution >= 0.6 is 11.8 Å². The van der Waals surface area contributed by atoms with Gasteiger partial charge in [-0.15, -0.1) is 0 Å². The number of aromatic nitrogens is 1. The number of rotatable bonds is 4. The average Bonchev–Trinajstić information content (AvgIpc) is 2.38. The molecule has 0 amide bonds. The Hall–Kier alpha value is -1.81. The van der Waals surface area contributed by atoms with Crippen LogP contribution in [0.5, 0.6) is 0 Å². The summed E-state index contributed by atoms with van der Waals surface area (Å²) >= 11 is 1.48. The molecule has 4 heteroatoms. The Balaban J connectivity index is 2.23. The van der Waals surface area contributed by atoms with Gasteiger partial charge in [-0.05, 0) is 42.7 Å². The summed E-state index contributed by atoms with van der Waals surface area (Å²) in [6, 6.07) is 11.5. The Labute approximate surface area is 123 Å². The van der Waals surface area contributed by atoms with Crippen molar-refractivity contribution < 1.29 is 9.90 Å². The largest absolute Gasteiger partial charge is 0.478 e. The van der Waals surface area contributed by atoms with E-state index in [1.54, 1.807) is 19.1 Å². The van der Waals surface area contributed by atoms with E-state index < -0.39 is 5.97 Å². The highest BCUT2D eigenvalue weighted by atomic mass is 32.2. The molecule has 0 saturated carbocycles. The molecule has 0 aliphatic carbocycles. The molecule has 2 aromatic rings. The van der Waals surface area contributed by atoms with Gasteiger partial charge in [0.25, 0.3) is 0 Å². The van der Waals surface area contributed by atoms with Crippen LogP contribution in [0.1, 0.15) is 41.4 Å². The van der Waals surface area contributed by atoms with E-state index in [4.69, 9.17) is 5.11 Å². The third kappa shape index (κ3) is 3.61. The van der Waals surface area contributed by atoms with Gasteiger partial charge in [-0.3, -0.25) is 0 Å². The molecular formula is C16H17NO2S. The first-order valence-electron chi connectivity index (χ1n) is 6.45. The van der Waals surface area contributed by atoms with E-state index in [1.165, 1.54) is 17.3 Å². The fourth-order valence-electron chi connectivity index (χ4n) is 1.86. The molecule has 2 rings (SSSR count). The zero-order valence-electron chi connectivity index (χ0n) is 11.8. The Morgan fingerprint density at radius 2 is 1.85 bits per heavy atom. The molecule has 0 radical (unpaired) electrons. The lowest BCUT2D eigenvalue weighted by atomic mass is 10.0. The van der Waals surface area contributed by atoms with E-state index in [0.29, 0.717) is 16.6 Å². The Kier molecular flexibility index (Phi) is 4.45. The second-order valence-corrected chi connectivity index (χ2v) is 6.06. The lowest BCUT2D eigenvalue weighted by Crippen LogP contribution is -1.99. The summed E-state index contributed by atoms with van der Waals surface area (Å²) in [6.45, 7) is 6.12. The van der Waals surface area contributed by atoms with Crippen LogP contribution in [0.15, 0.2) is 46.3 Å². The summed E-state index contributed by atoms with van der Waals surface area (Å²) < 4.78 is 0. The molecule has 1 N–H and O–H groups in total. The fraction of sp³-hybridized carbons (Fsp3) is 0.250. The number of carboxylic acids is 1. The quantitative estimate of drug-likeness (QED) is 0.907. The average molecular weight is 287 g/mol. The van der Waals surface area contributed by atoms with Crippen LogP contribution in [0.3, 0.4) is 0 Å². The van der Waals surface area contributed by atoms with E-state index in [-0.39, 0.29) is 5.56 Å². The molecule has 1 aromatic heterocycles. The molecule has 3 nitrogen and oxygen atoms in total. The number of nitrogens with zero attached hydrogens (tertiary/aromatic N) is 1. The van der Waals surface area contributed by atoms with Crippen molar-refractivity contribution in [2.24, 2.45) is 0 Å². The van der Waals surface area contributed by atoms with Crippen molar-refractivity contribution in [1.29, 1.82) is 0 Å². The maximum Gasteiger partial charge on any atom is 0.335 e. The van der Waals surface area contributed by atoms with Crippen LogP contribution in [0.2, 0.25) is 0 Å². The third-order valence-electron chi connectivity index (χ3n) is 2.95. The number of benzene rings is 1. The molecule has 0 spiro atoms. The third-order valence-corrected chi connectivity index (χ3v) is 3.87. The van der Waals surface area contributed by atoms with Crippen molar-refractivity contribution in [3.05, 3.63) is 53.2 Å². The number of aryl methyl sites for hydroxylation is 1. The van der Waals surface area contributed by atoms with Crippen molar-refractivity contribution in [1.82, 2.24) is 4.98 Å². The number of hydrogen-bond acceptors (Lipinski definition) is 3. The molecule has 0 bridgehead atoms. The lowest BCUT2D eigenvalue weighted by Gasteiger charge is -2.07. The molecule has 0 unspecified atom stereocenters. The van der Waals surface area contributed by atoms with Crippen molar-refractivity contribution in [2.75, 3.05) is 0 Å². The maximum absolute atomic E-state index is 11.0. The Morgan fingerprint density at radius 3 is 2.40 bits per heavy atom. The summed E-state index contributed by atoms with van der Waals surface area (Å²) in [7, 11) is 0. The van der Waals surface area contributed by atoms with Crippen LogP contribution < -0.4 is 0 Å². The zero-order chi connectivity index (χ0) is 14.7. The zero-order valence-corrected chi connectivity index (χ0v) is 12.6. The van der Waals surface area contributed by atoms with Gasteiger partial charge in [0.15, 0.2) is 0 Å². The first-order chi connectivity index (χ1) is 9.45. The van der Waals surface area contributed by atoms with Crippen LogP contribution in [0, 0.1) is 6.92 Å². The second-order valence-electron chi connectivity index (χ2n) is 4.97. The predicted octanol–water partition coefficient (Wildman–Crippen LogP) is 4.36. The van der Waals surface area contributed by atoms with Gasteiger partial charge in [0.05, 0.1) is 5.56 Å². The Morgan fingerprint density at radius 1 is 1.20 bits per heavy atom. The maximum atomic E-state index is 11.0. The summed E-state index contributed by atoms with van der Waals surface area (Å²) in [5.41, 5.74) is 2.28. The number of pyridine rings is 1. The van der Waals surface area contributed by atoms with E-state index in [9.17, 15) is 4.79 Å². The van der Waals surface area contributed by atoms with Crippen LogP contribution in [0.4, 0.5) is 0 Å². The van der Waals surface area contributed by atoms with Crippen LogP contribution in [-0.4, -0.2) is 16.1 Å². The fourth-order valence-corrected chi connectivity index (χ4v) is 2.74. The minimum atomic E-state index is -0.924. The van der Waals surface area contributed by atoms with Crippen molar-refractivity contribution in [2.45, 2.75) is 36.6 Å². The molecule has 0 fully saturated rings. The summed E-state index contributed by atoms with van der Waals surface area (Å²) in [6.07, 6.45) is 0. The number of aromatic carboxylic acids is 1. The first-order valence-corrected chi connectivity index (χ1v) is 7.27. The highest BCUT2D eigenvalue weighted by Crippen LogP contribution is 2.28. The standard InChI is InChI=1S/C16H17NO2S/c1-10(2)12-4-6-14(7-5-12)20-15-9-13(16(18)19)8-11(3)17-15/h4-10H,1-3H3,(H,18,19). The summed E-state index contributed by atoms with van der Waals surface area (Å²) in [5, 5.41) is 9.77. The van der Waals surface area contributed by atoms with Gasteiger partial charge < -0.3 is 5.11 Å². The van der Waals surface area contributed by atoms with Gasteiger partial charge in [-0.2, -0.15) is 0 Å². The second kappa shape index (κ2) is 6.09. The number of carboxylic acid groups (broad SMARTS) is 1. The highest BCUT2D eigenvalue weighted by Gasteiger charge is 2.08. The molecule has 1 heterocycles. The van der Waals surface area contributed by atoms with E-state index in [2.05, 4.69) is 31.0 Å².